The summed E-state index contributed by atoms with van der Waals surface area (Å²) in [6.07, 6.45) is 3.80. The number of hydrogen-bond donors (Lipinski definition) is 1. The minimum Gasteiger partial charge on any atom is -0.369 e. The number of para-hydroxylation sites is 2. The number of carbonyl (C=O) groups is 1. The highest BCUT2D eigenvalue weighted by atomic mass is 16.1. The van der Waals surface area contributed by atoms with Crippen molar-refractivity contribution in [2.45, 2.75) is 12.5 Å². The molecule has 2 N–H and O–H groups in total. The molecule has 0 bridgehead atoms. The number of rotatable bonds is 4. The van der Waals surface area contributed by atoms with E-state index in [9.17, 15) is 4.79 Å². The molecule has 0 aliphatic carbocycles. The van der Waals surface area contributed by atoms with Crippen molar-refractivity contribution in [1.82, 2.24) is 24.2 Å². The van der Waals surface area contributed by atoms with Gasteiger partial charge in [0.1, 0.15) is 5.82 Å². The number of aromatic nitrogens is 4. The fraction of sp³-hybridized carbons (Fsp3) is 0.389. The summed E-state index contributed by atoms with van der Waals surface area (Å²) in [7, 11) is 3.92. The Hall–Kier alpha value is -2.67. The van der Waals surface area contributed by atoms with Crippen LogP contribution in [-0.4, -0.2) is 43.2 Å². The van der Waals surface area contributed by atoms with Gasteiger partial charge < -0.3 is 10.3 Å². The Balaban J connectivity index is 1.58. The molecule has 1 amide bonds. The standard InChI is InChI=1S/C18H22N6O/c1-22-8-12(7-20-22)13-9-24(10-14(13)18(19)25)11-17-21-15-5-3-4-6-16(15)23(17)2/h3-8,13-14H,9-11H2,1-2H3,(H2,19,25)/t13-,14+/m1/s1. The van der Waals surface area contributed by atoms with Crippen molar-refractivity contribution >= 4 is 16.9 Å². The van der Waals surface area contributed by atoms with Crippen LogP contribution in [0.4, 0.5) is 0 Å². The van der Waals surface area contributed by atoms with Crippen molar-refractivity contribution in [2.24, 2.45) is 25.7 Å². The third-order valence-electron chi connectivity index (χ3n) is 5.16. The van der Waals surface area contributed by atoms with Crippen LogP contribution in [-0.2, 0) is 25.4 Å². The van der Waals surface area contributed by atoms with E-state index >= 15 is 0 Å². The van der Waals surface area contributed by atoms with E-state index in [2.05, 4.69) is 20.6 Å². The van der Waals surface area contributed by atoms with E-state index in [4.69, 9.17) is 10.7 Å². The van der Waals surface area contributed by atoms with Crippen LogP contribution < -0.4 is 5.73 Å². The lowest BCUT2D eigenvalue weighted by Crippen LogP contribution is -2.29. The number of benzene rings is 1. The summed E-state index contributed by atoms with van der Waals surface area (Å²) in [5, 5.41) is 4.24. The quantitative estimate of drug-likeness (QED) is 0.770. The number of hydrogen-bond acceptors (Lipinski definition) is 4. The first kappa shape index (κ1) is 15.8. The van der Waals surface area contributed by atoms with Gasteiger partial charge in [0, 0.05) is 39.3 Å². The van der Waals surface area contributed by atoms with Crippen LogP contribution in [0.5, 0.6) is 0 Å². The van der Waals surface area contributed by atoms with Gasteiger partial charge in [0.05, 0.1) is 29.7 Å². The molecule has 1 aliphatic rings. The van der Waals surface area contributed by atoms with Crippen LogP contribution in [0.25, 0.3) is 11.0 Å². The van der Waals surface area contributed by atoms with E-state index in [1.807, 2.05) is 44.7 Å². The second kappa shape index (κ2) is 6.00. The van der Waals surface area contributed by atoms with E-state index in [-0.39, 0.29) is 17.7 Å². The van der Waals surface area contributed by atoms with Gasteiger partial charge in [-0.25, -0.2) is 4.98 Å². The minimum absolute atomic E-state index is 0.0842. The van der Waals surface area contributed by atoms with Gasteiger partial charge in [-0.3, -0.25) is 14.4 Å². The highest BCUT2D eigenvalue weighted by Crippen LogP contribution is 2.33. The van der Waals surface area contributed by atoms with Crippen molar-refractivity contribution in [3.63, 3.8) is 0 Å². The number of imidazole rings is 1. The Bertz CT molecular complexity index is 927. The normalized spacial score (nSPS) is 21.2. The van der Waals surface area contributed by atoms with Crippen LogP contribution in [0.3, 0.4) is 0 Å². The van der Waals surface area contributed by atoms with Crippen molar-refractivity contribution in [1.29, 1.82) is 0 Å². The maximum atomic E-state index is 11.9. The second-order valence-electron chi connectivity index (χ2n) is 6.83. The predicted molar refractivity (Wildman–Crippen MR) is 94.6 cm³/mol. The molecule has 130 valence electrons. The first-order chi connectivity index (χ1) is 12.0. The Morgan fingerprint density at radius 2 is 2.08 bits per heavy atom. The van der Waals surface area contributed by atoms with Crippen LogP contribution in [0.15, 0.2) is 36.7 Å². The lowest BCUT2D eigenvalue weighted by molar-refractivity contribution is -0.121. The van der Waals surface area contributed by atoms with Crippen LogP contribution in [0, 0.1) is 5.92 Å². The Kier molecular flexibility index (Phi) is 3.80. The molecule has 0 saturated carbocycles. The molecule has 1 aromatic carbocycles. The summed E-state index contributed by atoms with van der Waals surface area (Å²) < 4.78 is 3.88. The van der Waals surface area contributed by atoms with Crippen molar-refractivity contribution in [3.05, 3.63) is 48.0 Å². The molecular formula is C18H22N6O. The summed E-state index contributed by atoms with van der Waals surface area (Å²) in [6, 6.07) is 8.11. The summed E-state index contributed by atoms with van der Waals surface area (Å²) in [5.41, 5.74) is 8.85. The van der Waals surface area contributed by atoms with Gasteiger partial charge >= 0.3 is 0 Å². The number of carbonyl (C=O) groups excluding carboxylic acids is 1. The van der Waals surface area contributed by atoms with Gasteiger partial charge in [-0.1, -0.05) is 12.1 Å². The second-order valence-corrected chi connectivity index (χ2v) is 6.83. The zero-order valence-corrected chi connectivity index (χ0v) is 14.5. The van der Waals surface area contributed by atoms with Crippen molar-refractivity contribution < 1.29 is 4.79 Å². The van der Waals surface area contributed by atoms with E-state index < -0.39 is 0 Å². The fourth-order valence-corrected chi connectivity index (χ4v) is 3.81. The number of nitrogens with zero attached hydrogens (tertiary/aromatic N) is 5. The van der Waals surface area contributed by atoms with Crippen LogP contribution >= 0.6 is 0 Å². The number of likely N-dealkylation sites (tertiary alicyclic amines) is 1. The average Bonchev–Trinajstić information content (AvgIpc) is 3.27. The van der Waals surface area contributed by atoms with Gasteiger partial charge in [0.15, 0.2) is 0 Å². The maximum absolute atomic E-state index is 11.9. The molecule has 1 fully saturated rings. The molecule has 7 heteroatoms. The molecular weight excluding hydrogens is 316 g/mol. The Morgan fingerprint density at radius 1 is 1.28 bits per heavy atom. The third-order valence-corrected chi connectivity index (χ3v) is 5.16. The molecule has 0 radical (unpaired) electrons. The molecule has 0 unspecified atom stereocenters. The van der Waals surface area contributed by atoms with Gasteiger partial charge in [-0.2, -0.15) is 5.10 Å². The summed E-state index contributed by atoms with van der Waals surface area (Å²) in [6.45, 7) is 2.13. The number of amides is 1. The lowest BCUT2D eigenvalue weighted by Gasteiger charge is -2.15. The van der Waals surface area contributed by atoms with Crippen LogP contribution in [0.1, 0.15) is 17.3 Å². The SMILES string of the molecule is Cn1cc([C@H]2CN(Cc3nc4ccccc4n3C)C[C@@H]2C(N)=O)cn1. The monoisotopic (exact) mass is 338 g/mol. The molecule has 1 saturated heterocycles. The fourth-order valence-electron chi connectivity index (χ4n) is 3.81. The molecule has 25 heavy (non-hydrogen) atoms. The average molecular weight is 338 g/mol. The minimum atomic E-state index is -0.249. The van der Waals surface area contributed by atoms with E-state index in [1.165, 1.54) is 0 Å². The maximum Gasteiger partial charge on any atom is 0.222 e. The third kappa shape index (κ3) is 2.80. The highest BCUT2D eigenvalue weighted by Gasteiger charge is 2.38. The Labute approximate surface area is 146 Å². The Morgan fingerprint density at radius 3 is 2.76 bits per heavy atom. The topological polar surface area (TPSA) is 82.0 Å². The first-order valence-electron chi connectivity index (χ1n) is 8.43. The zero-order valence-electron chi connectivity index (χ0n) is 14.5. The number of nitrogens with two attached hydrogens (primary N) is 1. The molecule has 0 spiro atoms. The van der Waals surface area contributed by atoms with Crippen molar-refractivity contribution in [3.8, 4) is 0 Å². The number of aryl methyl sites for hydroxylation is 2. The van der Waals surface area contributed by atoms with E-state index in [0.717, 1.165) is 29.0 Å². The lowest BCUT2D eigenvalue weighted by atomic mass is 9.90. The van der Waals surface area contributed by atoms with Gasteiger partial charge in [0.25, 0.3) is 0 Å². The van der Waals surface area contributed by atoms with Gasteiger partial charge in [-0.05, 0) is 17.7 Å². The summed E-state index contributed by atoms with van der Waals surface area (Å²) in [5.74, 6) is 0.636. The summed E-state index contributed by atoms with van der Waals surface area (Å²) in [4.78, 5) is 18.9. The first-order valence-corrected chi connectivity index (χ1v) is 8.43. The predicted octanol–water partition coefficient (Wildman–Crippen LogP) is 1.01. The van der Waals surface area contributed by atoms with Gasteiger partial charge in [-0.15, -0.1) is 0 Å². The van der Waals surface area contributed by atoms with E-state index in [0.29, 0.717) is 13.1 Å². The van der Waals surface area contributed by atoms with E-state index in [1.54, 1.807) is 4.68 Å². The molecule has 3 heterocycles. The largest absolute Gasteiger partial charge is 0.369 e. The molecule has 3 aromatic rings. The number of fused-ring (bicyclic) bond motifs is 1. The molecule has 4 rings (SSSR count). The van der Waals surface area contributed by atoms with Crippen molar-refractivity contribution in [2.75, 3.05) is 13.1 Å². The van der Waals surface area contributed by atoms with Gasteiger partial charge in [0.2, 0.25) is 5.91 Å². The highest BCUT2D eigenvalue weighted by molar-refractivity contribution is 5.78. The molecule has 2 aromatic heterocycles. The molecule has 1 aliphatic heterocycles. The zero-order chi connectivity index (χ0) is 17.6. The molecule has 2 atom stereocenters. The molecule has 7 nitrogen and oxygen atoms in total. The van der Waals surface area contributed by atoms with Crippen LogP contribution in [0.2, 0.25) is 0 Å². The number of primary amides is 1. The smallest absolute Gasteiger partial charge is 0.222 e. The summed E-state index contributed by atoms with van der Waals surface area (Å²) >= 11 is 0.